The second-order valence-corrected chi connectivity index (χ2v) is 5.10. The van der Waals surface area contributed by atoms with E-state index in [0.29, 0.717) is 6.61 Å². The summed E-state index contributed by atoms with van der Waals surface area (Å²) >= 11 is 0. The predicted octanol–water partition coefficient (Wildman–Crippen LogP) is 4.03. The van der Waals surface area contributed by atoms with Gasteiger partial charge in [-0.1, -0.05) is 55.0 Å². The molecule has 0 heterocycles. The third-order valence-corrected chi connectivity index (χ3v) is 3.43. The predicted molar refractivity (Wildman–Crippen MR) is 84.3 cm³/mol. The van der Waals surface area contributed by atoms with Crippen LogP contribution in [0.3, 0.4) is 0 Å². The zero-order chi connectivity index (χ0) is 14.4. The van der Waals surface area contributed by atoms with Crippen LogP contribution < -0.4 is 10.1 Å². The fourth-order valence-electron chi connectivity index (χ4n) is 2.21. The van der Waals surface area contributed by atoms with E-state index >= 15 is 0 Å². The number of nitrogens with one attached hydrogen (secondary N) is 1. The lowest BCUT2D eigenvalue weighted by Crippen LogP contribution is -2.26. The molecule has 2 aromatic carbocycles. The minimum absolute atomic E-state index is 0.222. The Balaban J connectivity index is 2.06. The molecular formula is C18H23NO. The molecule has 0 aliphatic heterocycles. The summed E-state index contributed by atoms with van der Waals surface area (Å²) < 4.78 is 5.97. The molecule has 2 rings (SSSR count). The van der Waals surface area contributed by atoms with Crippen LogP contribution in [0, 0.1) is 13.8 Å². The van der Waals surface area contributed by atoms with Crippen LogP contribution in [0.2, 0.25) is 0 Å². The Bertz CT molecular complexity index is 533. The zero-order valence-electron chi connectivity index (χ0n) is 12.5. The van der Waals surface area contributed by atoms with Crippen LogP contribution in [0.5, 0.6) is 5.75 Å². The number of ether oxygens (including phenoxy) is 1. The smallest absolute Gasteiger partial charge is 0.122 e. The number of rotatable bonds is 6. The van der Waals surface area contributed by atoms with Crippen molar-refractivity contribution in [3.05, 3.63) is 65.2 Å². The van der Waals surface area contributed by atoms with Gasteiger partial charge in [0.2, 0.25) is 0 Å². The Kier molecular flexibility index (Phi) is 5.19. The van der Waals surface area contributed by atoms with Crippen LogP contribution in [0.15, 0.2) is 48.5 Å². The number of benzene rings is 2. The maximum Gasteiger partial charge on any atom is 0.122 e. The number of aryl methyl sites for hydroxylation is 2. The van der Waals surface area contributed by atoms with Crippen LogP contribution in [0.4, 0.5) is 0 Å². The molecule has 0 fully saturated rings. The summed E-state index contributed by atoms with van der Waals surface area (Å²) in [5.74, 6) is 0.961. The molecule has 1 unspecified atom stereocenters. The number of likely N-dealkylation sites (N-methyl/N-ethyl adjacent to an activating group) is 1. The highest BCUT2D eigenvalue weighted by Gasteiger charge is 2.11. The third-order valence-electron chi connectivity index (χ3n) is 3.43. The van der Waals surface area contributed by atoms with E-state index in [2.05, 4.69) is 56.4 Å². The largest absolute Gasteiger partial charge is 0.491 e. The van der Waals surface area contributed by atoms with E-state index in [1.165, 1.54) is 16.7 Å². The first-order chi connectivity index (χ1) is 9.70. The van der Waals surface area contributed by atoms with E-state index < -0.39 is 0 Å². The van der Waals surface area contributed by atoms with Gasteiger partial charge < -0.3 is 10.1 Å². The SMILES string of the molecule is CCNC(COc1ccccc1C)c1ccc(C)cc1. The van der Waals surface area contributed by atoms with Crippen LogP contribution in [0.1, 0.15) is 29.7 Å². The second kappa shape index (κ2) is 7.11. The van der Waals surface area contributed by atoms with Gasteiger partial charge in [-0.2, -0.15) is 0 Å². The summed E-state index contributed by atoms with van der Waals surface area (Å²) in [6.45, 7) is 7.87. The van der Waals surface area contributed by atoms with Gasteiger partial charge in [0.15, 0.2) is 0 Å². The van der Waals surface area contributed by atoms with Crippen LogP contribution in [0.25, 0.3) is 0 Å². The quantitative estimate of drug-likeness (QED) is 0.854. The minimum atomic E-state index is 0.222. The maximum atomic E-state index is 5.97. The van der Waals surface area contributed by atoms with E-state index in [1.54, 1.807) is 0 Å². The van der Waals surface area contributed by atoms with Gasteiger partial charge in [0.1, 0.15) is 12.4 Å². The molecule has 0 radical (unpaired) electrons. The lowest BCUT2D eigenvalue weighted by Gasteiger charge is -2.20. The van der Waals surface area contributed by atoms with Crippen molar-refractivity contribution in [2.45, 2.75) is 26.8 Å². The van der Waals surface area contributed by atoms with Crippen molar-refractivity contribution in [3.63, 3.8) is 0 Å². The Morgan fingerprint density at radius 2 is 1.70 bits per heavy atom. The van der Waals surface area contributed by atoms with Gasteiger partial charge in [-0.3, -0.25) is 0 Å². The van der Waals surface area contributed by atoms with Gasteiger partial charge in [-0.25, -0.2) is 0 Å². The van der Waals surface area contributed by atoms with E-state index in [1.807, 2.05) is 18.2 Å². The van der Waals surface area contributed by atoms with Crippen molar-refractivity contribution in [1.82, 2.24) is 5.32 Å². The van der Waals surface area contributed by atoms with Gasteiger partial charge in [0.05, 0.1) is 6.04 Å². The molecule has 0 aromatic heterocycles. The molecular weight excluding hydrogens is 246 g/mol. The number of hydrogen-bond donors (Lipinski definition) is 1. The van der Waals surface area contributed by atoms with Gasteiger partial charge >= 0.3 is 0 Å². The van der Waals surface area contributed by atoms with Crippen molar-refractivity contribution in [3.8, 4) is 5.75 Å². The van der Waals surface area contributed by atoms with Gasteiger partial charge in [0.25, 0.3) is 0 Å². The third kappa shape index (κ3) is 3.84. The summed E-state index contributed by atoms with van der Waals surface area (Å²) in [6, 6.07) is 17.0. The molecule has 1 atom stereocenters. The molecule has 106 valence electrons. The first-order valence-corrected chi connectivity index (χ1v) is 7.19. The summed E-state index contributed by atoms with van der Waals surface area (Å²) in [6.07, 6.45) is 0. The van der Waals surface area contributed by atoms with Crippen molar-refractivity contribution in [2.24, 2.45) is 0 Å². The van der Waals surface area contributed by atoms with Crippen molar-refractivity contribution in [2.75, 3.05) is 13.2 Å². The lowest BCUT2D eigenvalue weighted by molar-refractivity contribution is 0.266. The highest BCUT2D eigenvalue weighted by Crippen LogP contribution is 2.20. The molecule has 20 heavy (non-hydrogen) atoms. The molecule has 0 aliphatic rings. The molecule has 0 saturated heterocycles. The summed E-state index contributed by atoms with van der Waals surface area (Å²) in [7, 11) is 0. The second-order valence-electron chi connectivity index (χ2n) is 5.10. The van der Waals surface area contributed by atoms with Crippen LogP contribution in [-0.2, 0) is 0 Å². The molecule has 0 spiro atoms. The Hall–Kier alpha value is -1.80. The summed E-state index contributed by atoms with van der Waals surface area (Å²) in [5.41, 5.74) is 3.72. The molecule has 2 aromatic rings. The average Bonchev–Trinajstić information content (AvgIpc) is 2.46. The fourth-order valence-corrected chi connectivity index (χ4v) is 2.21. The van der Waals surface area contributed by atoms with Crippen LogP contribution in [-0.4, -0.2) is 13.2 Å². The van der Waals surface area contributed by atoms with Crippen LogP contribution >= 0.6 is 0 Å². The highest BCUT2D eigenvalue weighted by molar-refractivity contribution is 5.32. The summed E-state index contributed by atoms with van der Waals surface area (Å²) in [4.78, 5) is 0. The molecule has 1 N–H and O–H groups in total. The Labute approximate surface area is 121 Å². The maximum absolute atomic E-state index is 5.97. The standard InChI is InChI=1S/C18H23NO/c1-4-19-17(16-11-9-14(2)10-12-16)13-20-18-8-6-5-7-15(18)3/h5-12,17,19H,4,13H2,1-3H3. The number of hydrogen-bond acceptors (Lipinski definition) is 2. The minimum Gasteiger partial charge on any atom is -0.491 e. The highest BCUT2D eigenvalue weighted by atomic mass is 16.5. The Morgan fingerprint density at radius 3 is 2.35 bits per heavy atom. The van der Waals surface area contributed by atoms with Gasteiger partial charge in [0, 0.05) is 0 Å². The van der Waals surface area contributed by atoms with Crippen molar-refractivity contribution >= 4 is 0 Å². The molecule has 2 heteroatoms. The van der Waals surface area contributed by atoms with E-state index in [4.69, 9.17) is 4.74 Å². The average molecular weight is 269 g/mol. The van der Waals surface area contributed by atoms with Gasteiger partial charge in [-0.05, 0) is 37.6 Å². The van der Waals surface area contributed by atoms with Gasteiger partial charge in [-0.15, -0.1) is 0 Å². The van der Waals surface area contributed by atoms with E-state index in [-0.39, 0.29) is 6.04 Å². The molecule has 0 bridgehead atoms. The molecule has 0 saturated carbocycles. The fraction of sp³-hybridized carbons (Fsp3) is 0.333. The molecule has 0 amide bonds. The monoisotopic (exact) mass is 269 g/mol. The zero-order valence-corrected chi connectivity index (χ0v) is 12.5. The van der Waals surface area contributed by atoms with E-state index in [9.17, 15) is 0 Å². The normalized spacial score (nSPS) is 12.2. The first-order valence-electron chi connectivity index (χ1n) is 7.19. The van der Waals surface area contributed by atoms with Crippen molar-refractivity contribution < 1.29 is 4.74 Å². The topological polar surface area (TPSA) is 21.3 Å². The van der Waals surface area contributed by atoms with E-state index in [0.717, 1.165) is 12.3 Å². The van der Waals surface area contributed by atoms with Crippen molar-refractivity contribution in [1.29, 1.82) is 0 Å². The summed E-state index contributed by atoms with van der Waals surface area (Å²) in [5, 5.41) is 3.48. The molecule has 2 nitrogen and oxygen atoms in total. The Morgan fingerprint density at radius 1 is 1.00 bits per heavy atom. The lowest BCUT2D eigenvalue weighted by atomic mass is 10.1. The first kappa shape index (κ1) is 14.6. The number of para-hydroxylation sites is 1. The molecule has 0 aliphatic carbocycles.